The van der Waals surface area contributed by atoms with Crippen molar-refractivity contribution in [1.82, 2.24) is 0 Å². The van der Waals surface area contributed by atoms with Gasteiger partial charge in [0.1, 0.15) is 5.97 Å². The Morgan fingerprint density at radius 3 is 2.67 bits per heavy atom. The molecule has 0 saturated carbocycles. The van der Waals surface area contributed by atoms with Crippen molar-refractivity contribution in [3.63, 3.8) is 0 Å². The minimum atomic E-state index is -1.10. The van der Waals surface area contributed by atoms with E-state index in [1.54, 1.807) is 11.4 Å². The smallest absolute Gasteiger partial charge is 0.268 e. The Kier molecular flexibility index (Phi) is 1.87. The molecule has 0 aliphatic rings. The van der Waals surface area contributed by atoms with Gasteiger partial charge in [-0.2, -0.15) is 0 Å². The first-order valence-electron chi connectivity index (χ1n) is 2.21. The largest absolute Gasteiger partial charge is 0.540 e. The normalized spacial score (nSPS) is 11.4. The van der Waals surface area contributed by atoms with Gasteiger partial charge in [-0.15, -0.1) is 0 Å². The third kappa shape index (κ3) is 1.31. The molecule has 1 aromatic rings. The lowest BCUT2D eigenvalue weighted by molar-refractivity contribution is -0.254. The summed E-state index contributed by atoms with van der Waals surface area (Å²) in [7, 11) is -0.410. The Morgan fingerprint density at radius 2 is 2.44 bits per heavy atom. The molecule has 9 heavy (non-hydrogen) atoms. The Hall–Kier alpha value is -0.350. The number of hydrogen-bond donors (Lipinski definition) is 0. The summed E-state index contributed by atoms with van der Waals surface area (Å²) in [6.07, 6.45) is 0. The summed E-state index contributed by atoms with van der Waals surface area (Å²) in [4.78, 5) is 10.5. The number of thiophene rings is 1. The fourth-order valence-electron chi connectivity index (χ4n) is 0.482. The summed E-state index contributed by atoms with van der Waals surface area (Å²) in [6, 6.07) is 3.23. The molecule has 1 atom stereocenters. The van der Waals surface area contributed by atoms with Gasteiger partial charge in [0.2, 0.25) is 4.88 Å². The third-order valence-electron chi connectivity index (χ3n) is 0.857. The predicted molar refractivity (Wildman–Crippen MR) is 37.6 cm³/mol. The summed E-state index contributed by atoms with van der Waals surface area (Å²) in [5.74, 6) is -1.10. The summed E-state index contributed by atoms with van der Waals surface area (Å²) < 4.78 is 0. The summed E-state index contributed by atoms with van der Waals surface area (Å²) in [5, 5.41) is 11.9. The van der Waals surface area contributed by atoms with Crippen LogP contribution in [-0.2, 0) is 0 Å². The second kappa shape index (κ2) is 2.49. The average molecular weight is 207 g/mol. The van der Waals surface area contributed by atoms with Crippen LogP contribution in [0.5, 0.6) is 0 Å². The lowest BCUT2D eigenvalue weighted by Crippen LogP contribution is -2.20. The van der Waals surface area contributed by atoms with Crippen molar-refractivity contribution in [1.29, 1.82) is 0 Å². The number of carbonyl (C=O) groups excluding carboxylic acids is 1. The number of halogens is 1. The van der Waals surface area contributed by atoms with Gasteiger partial charge >= 0.3 is 0 Å². The van der Waals surface area contributed by atoms with Crippen LogP contribution in [0.25, 0.3) is 0 Å². The van der Waals surface area contributed by atoms with Crippen LogP contribution in [0.3, 0.4) is 0 Å². The molecule has 0 spiro atoms. The van der Waals surface area contributed by atoms with E-state index in [-0.39, 0.29) is 0 Å². The van der Waals surface area contributed by atoms with Gasteiger partial charge in [0.25, 0.3) is 14.8 Å². The molecular formula is C5H3BrO2S. The van der Waals surface area contributed by atoms with E-state index >= 15 is 0 Å². The molecule has 0 saturated heterocycles. The monoisotopic (exact) mass is 206 g/mol. The second-order valence-electron chi connectivity index (χ2n) is 1.43. The summed E-state index contributed by atoms with van der Waals surface area (Å²) in [6.45, 7) is 0. The molecule has 1 heterocycles. The van der Waals surface area contributed by atoms with Crippen molar-refractivity contribution in [2.75, 3.05) is 0 Å². The number of hydrogen-bond acceptors (Lipinski definition) is 2. The standard InChI is InChI=1S/C5H3BrO2S/c6-9-3-1-2-4(9)5(7)8/h1-3H. The molecule has 0 aromatic carbocycles. The molecule has 1 aromatic heterocycles. The maximum atomic E-state index is 10.2. The first kappa shape index (κ1) is 6.77. The highest BCUT2D eigenvalue weighted by Crippen LogP contribution is 2.30. The van der Waals surface area contributed by atoms with Crippen LogP contribution in [0.1, 0.15) is 9.67 Å². The predicted octanol–water partition coefficient (Wildman–Crippen LogP) is 0.957. The molecular weight excluding hydrogens is 204 g/mol. The van der Waals surface area contributed by atoms with Crippen molar-refractivity contribution in [3.8, 4) is 0 Å². The van der Waals surface area contributed by atoms with E-state index in [9.17, 15) is 9.90 Å². The zero-order valence-corrected chi connectivity index (χ0v) is 6.74. The molecule has 0 aliphatic carbocycles. The molecule has 2 nitrogen and oxygen atoms in total. The van der Waals surface area contributed by atoms with Crippen LogP contribution in [0.4, 0.5) is 0 Å². The van der Waals surface area contributed by atoms with Crippen molar-refractivity contribution < 1.29 is 9.90 Å². The molecule has 0 amide bonds. The van der Waals surface area contributed by atoms with Gasteiger partial charge in [0.15, 0.2) is 5.38 Å². The lowest BCUT2D eigenvalue weighted by atomic mass is 10.5. The van der Waals surface area contributed by atoms with Crippen molar-refractivity contribution in [3.05, 3.63) is 22.4 Å². The van der Waals surface area contributed by atoms with Crippen molar-refractivity contribution >= 4 is 29.7 Å². The molecule has 1 unspecified atom stereocenters. The van der Waals surface area contributed by atoms with Crippen LogP contribution >= 0.6 is 23.7 Å². The summed E-state index contributed by atoms with van der Waals surface area (Å²) in [5.41, 5.74) is 0. The Bertz CT molecular complexity index is 231. The van der Waals surface area contributed by atoms with E-state index in [2.05, 4.69) is 14.8 Å². The van der Waals surface area contributed by atoms with Crippen LogP contribution in [0.15, 0.2) is 17.5 Å². The molecule has 48 valence electrons. The number of rotatable bonds is 1. The number of carboxylic acids is 1. The zero-order valence-electron chi connectivity index (χ0n) is 4.33. The van der Waals surface area contributed by atoms with Gasteiger partial charge in [-0.25, -0.2) is 0 Å². The SMILES string of the molecule is O=C([O-])c1ccc[s+]1Br. The maximum absolute atomic E-state index is 10.2. The topological polar surface area (TPSA) is 40.1 Å². The van der Waals surface area contributed by atoms with Crippen LogP contribution in [0, 0.1) is 0 Å². The van der Waals surface area contributed by atoms with Crippen LogP contribution < -0.4 is 5.11 Å². The molecule has 1 rings (SSSR count). The van der Waals surface area contributed by atoms with Gasteiger partial charge in [-0.05, 0) is 6.07 Å². The Labute approximate surface area is 62.3 Å². The van der Waals surface area contributed by atoms with E-state index in [0.29, 0.717) is 4.88 Å². The highest BCUT2D eigenvalue weighted by atomic mass is 79.9. The molecule has 4 heteroatoms. The molecule has 0 N–H and O–H groups in total. The summed E-state index contributed by atoms with van der Waals surface area (Å²) >= 11 is 3.16. The number of carbonyl (C=O) groups is 1. The van der Waals surface area contributed by atoms with E-state index in [1.165, 1.54) is 6.07 Å². The van der Waals surface area contributed by atoms with Crippen molar-refractivity contribution in [2.24, 2.45) is 0 Å². The quantitative estimate of drug-likeness (QED) is 0.643. The first-order valence-corrected chi connectivity index (χ1v) is 5.34. The van der Waals surface area contributed by atoms with E-state index in [0.717, 1.165) is 0 Å². The van der Waals surface area contributed by atoms with Crippen molar-refractivity contribution in [2.45, 2.75) is 0 Å². The average Bonchev–Trinajstić information content (AvgIpc) is 2.13. The minimum absolute atomic E-state index is 0.315. The van der Waals surface area contributed by atoms with Gasteiger partial charge < -0.3 is 9.90 Å². The third-order valence-corrected chi connectivity index (χ3v) is 3.67. The van der Waals surface area contributed by atoms with Gasteiger partial charge in [-0.3, -0.25) is 0 Å². The lowest BCUT2D eigenvalue weighted by Gasteiger charge is -1.88. The minimum Gasteiger partial charge on any atom is -0.540 e. The second-order valence-corrected chi connectivity index (χ2v) is 4.80. The van der Waals surface area contributed by atoms with Crippen LogP contribution in [0.2, 0.25) is 0 Å². The number of aromatic carboxylic acids is 1. The molecule has 0 bridgehead atoms. The Morgan fingerprint density at radius 1 is 1.78 bits per heavy atom. The van der Waals surface area contributed by atoms with E-state index in [4.69, 9.17) is 0 Å². The van der Waals surface area contributed by atoms with Gasteiger partial charge in [-0.1, -0.05) is 0 Å². The van der Waals surface area contributed by atoms with E-state index in [1.807, 2.05) is 0 Å². The molecule has 0 fully saturated rings. The first-order chi connectivity index (χ1) is 4.22. The fourth-order valence-corrected chi connectivity index (χ4v) is 2.31. The van der Waals surface area contributed by atoms with Crippen LogP contribution in [-0.4, -0.2) is 5.97 Å². The highest BCUT2D eigenvalue weighted by Gasteiger charge is 2.09. The number of carboxylic acid groups (broad SMARTS) is 1. The fraction of sp³-hybridized carbons (Fsp3) is 0. The zero-order chi connectivity index (χ0) is 6.85. The van der Waals surface area contributed by atoms with Gasteiger partial charge in [0.05, 0.1) is 8.90 Å². The Balaban J connectivity index is 3.08. The van der Waals surface area contributed by atoms with E-state index < -0.39 is 14.9 Å². The highest BCUT2D eigenvalue weighted by molar-refractivity contribution is 9.34. The molecule has 0 radical (unpaired) electrons. The van der Waals surface area contributed by atoms with Gasteiger partial charge in [0, 0.05) is 6.07 Å². The molecule has 0 aliphatic heterocycles. The maximum Gasteiger partial charge on any atom is 0.268 e.